The van der Waals surface area contributed by atoms with Crippen LogP contribution >= 0.6 is 0 Å². The second-order valence-electron chi connectivity index (χ2n) is 9.35. The van der Waals surface area contributed by atoms with Gasteiger partial charge in [-0.15, -0.1) is 0 Å². The average Bonchev–Trinajstić information content (AvgIpc) is 2.85. The van der Waals surface area contributed by atoms with Crippen LogP contribution in [0, 0.1) is 12.8 Å². The molecule has 10 heteroatoms. The monoisotopic (exact) mass is 509 g/mol. The first kappa shape index (κ1) is 25.7. The van der Waals surface area contributed by atoms with E-state index >= 15 is 0 Å². The molecule has 2 heterocycles. The van der Waals surface area contributed by atoms with E-state index in [2.05, 4.69) is 15.0 Å². The third-order valence-electron chi connectivity index (χ3n) is 6.57. The van der Waals surface area contributed by atoms with Gasteiger partial charge in [0.2, 0.25) is 15.9 Å². The number of carbonyl (C=O) groups is 2. The molecule has 0 spiro atoms. The van der Waals surface area contributed by atoms with E-state index in [4.69, 9.17) is 5.73 Å². The van der Waals surface area contributed by atoms with E-state index in [1.165, 1.54) is 6.07 Å². The third-order valence-corrected chi connectivity index (χ3v) is 8.12. The molecule has 3 aromatic rings. The molecular formula is C26H31N5O4S. The Bertz CT molecular complexity index is 1410. The highest BCUT2D eigenvalue weighted by molar-refractivity contribution is 7.89. The number of aryl methyl sites for hydroxylation is 1. The van der Waals surface area contributed by atoms with Gasteiger partial charge in [0, 0.05) is 36.3 Å². The van der Waals surface area contributed by atoms with Gasteiger partial charge < -0.3 is 16.0 Å². The number of nitrogens with two attached hydrogens (primary N) is 1. The predicted octanol–water partition coefficient (Wildman–Crippen LogP) is 2.66. The van der Waals surface area contributed by atoms with E-state index in [1.54, 1.807) is 48.4 Å². The van der Waals surface area contributed by atoms with Crippen molar-refractivity contribution < 1.29 is 18.0 Å². The lowest BCUT2D eigenvalue weighted by atomic mass is 9.94. The van der Waals surface area contributed by atoms with Crippen LogP contribution in [-0.2, 0) is 14.8 Å². The number of hydrogen-bond donors (Lipinski definition) is 3. The van der Waals surface area contributed by atoms with Crippen molar-refractivity contribution in [3.63, 3.8) is 0 Å². The minimum Gasteiger partial charge on any atom is -0.341 e. The van der Waals surface area contributed by atoms with Crippen molar-refractivity contribution in [2.45, 2.75) is 44.2 Å². The molecule has 1 aliphatic heterocycles. The van der Waals surface area contributed by atoms with Crippen LogP contribution in [0.5, 0.6) is 0 Å². The summed E-state index contributed by atoms with van der Waals surface area (Å²) in [6, 6.07) is 12.7. The molecule has 190 valence electrons. The Balaban J connectivity index is 1.58. The summed E-state index contributed by atoms with van der Waals surface area (Å²) in [7, 11) is -3.91. The number of hydrogen-bond acceptors (Lipinski definition) is 6. The van der Waals surface area contributed by atoms with Gasteiger partial charge in [0.25, 0.3) is 5.91 Å². The van der Waals surface area contributed by atoms with Gasteiger partial charge in [-0.05, 0) is 62.1 Å². The summed E-state index contributed by atoms with van der Waals surface area (Å²) in [4.78, 5) is 31.3. The Morgan fingerprint density at radius 1 is 1.14 bits per heavy atom. The molecule has 0 unspecified atom stereocenters. The van der Waals surface area contributed by atoms with Crippen molar-refractivity contribution in [3.8, 4) is 0 Å². The molecule has 1 aliphatic rings. The molecule has 3 atom stereocenters. The quantitative estimate of drug-likeness (QED) is 0.468. The first-order valence-corrected chi connectivity index (χ1v) is 13.4. The Morgan fingerprint density at radius 2 is 1.89 bits per heavy atom. The molecule has 1 aromatic heterocycles. The number of aromatic nitrogens is 1. The molecule has 2 aromatic carbocycles. The van der Waals surface area contributed by atoms with Crippen LogP contribution in [0.2, 0.25) is 0 Å². The van der Waals surface area contributed by atoms with Crippen molar-refractivity contribution in [1.82, 2.24) is 14.6 Å². The maximum atomic E-state index is 13.5. The summed E-state index contributed by atoms with van der Waals surface area (Å²) in [6.07, 6.45) is 2.04. The van der Waals surface area contributed by atoms with Crippen LogP contribution < -0.4 is 15.8 Å². The highest BCUT2D eigenvalue weighted by Gasteiger charge is 2.33. The lowest BCUT2D eigenvalue weighted by molar-refractivity contribution is -0.134. The first-order chi connectivity index (χ1) is 17.1. The number of nitrogens with one attached hydrogen (secondary N) is 2. The van der Waals surface area contributed by atoms with Crippen LogP contribution in [-0.4, -0.2) is 55.3 Å². The summed E-state index contributed by atoms with van der Waals surface area (Å²) in [5.41, 5.74) is 7.89. The van der Waals surface area contributed by atoms with E-state index in [0.717, 1.165) is 5.56 Å². The SMILES string of the molecule is Cc1ccccc1C(=O)Nc1ccc(S(=O)(=O)N[C@H]2CCN(C(=O)[C@@H](C)N)C[C@H]2C)c2cccnc12. The van der Waals surface area contributed by atoms with Gasteiger partial charge in [0.1, 0.15) is 0 Å². The molecule has 0 aliphatic carbocycles. The zero-order valence-corrected chi connectivity index (χ0v) is 21.4. The number of amides is 2. The van der Waals surface area contributed by atoms with Crippen molar-refractivity contribution in [3.05, 3.63) is 65.9 Å². The Morgan fingerprint density at radius 3 is 2.58 bits per heavy atom. The molecule has 0 radical (unpaired) electrons. The standard InChI is InChI=1S/C26H31N5O4S/c1-16-7-4-5-8-19(16)25(32)29-22-10-11-23(20-9-6-13-28-24(20)22)36(34,35)30-21-12-14-31(15-17(21)2)26(33)18(3)27/h4-11,13,17-18,21,30H,12,14-15,27H2,1-3H3,(H,29,32)/t17-,18-,21+/m1/s1. The summed E-state index contributed by atoms with van der Waals surface area (Å²) in [5.74, 6) is -0.521. The zero-order valence-electron chi connectivity index (χ0n) is 20.6. The topological polar surface area (TPSA) is 134 Å². The van der Waals surface area contributed by atoms with Gasteiger partial charge in [-0.1, -0.05) is 25.1 Å². The van der Waals surface area contributed by atoms with Gasteiger partial charge in [0.05, 0.1) is 22.1 Å². The number of anilines is 1. The van der Waals surface area contributed by atoms with Crippen LogP contribution in [0.1, 0.15) is 36.2 Å². The molecule has 4 rings (SSSR count). The molecule has 4 N–H and O–H groups in total. The number of pyridine rings is 1. The normalized spacial score (nSPS) is 19.2. The molecule has 0 saturated carbocycles. The molecule has 9 nitrogen and oxygen atoms in total. The van der Waals surface area contributed by atoms with Gasteiger partial charge in [-0.3, -0.25) is 14.6 Å². The molecular weight excluding hydrogens is 478 g/mol. The molecule has 36 heavy (non-hydrogen) atoms. The second-order valence-corrected chi connectivity index (χ2v) is 11.0. The zero-order chi connectivity index (χ0) is 26.0. The summed E-state index contributed by atoms with van der Waals surface area (Å²) in [6.45, 7) is 6.28. The molecule has 1 fully saturated rings. The number of rotatable bonds is 6. The second kappa shape index (κ2) is 10.3. The lowest BCUT2D eigenvalue weighted by Gasteiger charge is -2.37. The van der Waals surface area contributed by atoms with Crippen LogP contribution in [0.4, 0.5) is 5.69 Å². The fraction of sp³-hybridized carbons (Fsp3) is 0.346. The van der Waals surface area contributed by atoms with E-state index in [9.17, 15) is 18.0 Å². The molecule has 0 bridgehead atoms. The fourth-order valence-electron chi connectivity index (χ4n) is 4.57. The van der Waals surface area contributed by atoms with E-state index in [1.807, 2.05) is 26.0 Å². The smallest absolute Gasteiger partial charge is 0.255 e. The van der Waals surface area contributed by atoms with Gasteiger partial charge in [-0.25, -0.2) is 13.1 Å². The predicted molar refractivity (Wildman–Crippen MR) is 139 cm³/mol. The highest BCUT2D eigenvalue weighted by Crippen LogP contribution is 2.29. The first-order valence-electron chi connectivity index (χ1n) is 11.9. The average molecular weight is 510 g/mol. The lowest BCUT2D eigenvalue weighted by Crippen LogP contribution is -2.54. The summed E-state index contributed by atoms with van der Waals surface area (Å²) < 4.78 is 29.7. The number of sulfonamides is 1. The van der Waals surface area contributed by atoms with Crippen molar-refractivity contribution in [2.24, 2.45) is 11.7 Å². The van der Waals surface area contributed by atoms with E-state index in [0.29, 0.717) is 41.7 Å². The summed E-state index contributed by atoms with van der Waals surface area (Å²) in [5, 5.41) is 3.28. The minimum atomic E-state index is -3.91. The number of fused-ring (bicyclic) bond motifs is 1. The third kappa shape index (κ3) is 5.25. The maximum absolute atomic E-state index is 13.5. The van der Waals surface area contributed by atoms with Gasteiger partial charge >= 0.3 is 0 Å². The number of nitrogens with zero attached hydrogens (tertiary/aromatic N) is 2. The minimum absolute atomic E-state index is 0.0841. The Hall–Kier alpha value is -3.34. The van der Waals surface area contributed by atoms with E-state index < -0.39 is 16.1 Å². The number of likely N-dealkylation sites (tertiary alicyclic amines) is 1. The largest absolute Gasteiger partial charge is 0.341 e. The van der Waals surface area contributed by atoms with Crippen LogP contribution in [0.25, 0.3) is 10.9 Å². The van der Waals surface area contributed by atoms with E-state index in [-0.39, 0.29) is 28.7 Å². The summed E-state index contributed by atoms with van der Waals surface area (Å²) >= 11 is 0. The maximum Gasteiger partial charge on any atom is 0.255 e. The molecule has 2 amide bonds. The van der Waals surface area contributed by atoms with Crippen molar-refractivity contribution >= 4 is 38.4 Å². The van der Waals surface area contributed by atoms with Crippen molar-refractivity contribution in [2.75, 3.05) is 18.4 Å². The Kier molecular flexibility index (Phi) is 7.39. The highest BCUT2D eigenvalue weighted by atomic mass is 32.2. The van der Waals surface area contributed by atoms with Gasteiger partial charge in [0.15, 0.2) is 0 Å². The van der Waals surface area contributed by atoms with Gasteiger partial charge in [-0.2, -0.15) is 0 Å². The Labute approximate surface area is 211 Å². The number of carbonyl (C=O) groups excluding carboxylic acids is 2. The van der Waals surface area contributed by atoms with Crippen LogP contribution in [0.15, 0.2) is 59.6 Å². The fourth-order valence-corrected chi connectivity index (χ4v) is 6.15. The van der Waals surface area contributed by atoms with Crippen LogP contribution in [0.3, 0.4) is 0 Å². The number of benzene rings is 2. The number of piperidine rings is 1. The van der Waals surface area contributed by atoms with Crippen molar-refractivity contribution in [1.29, 1.82) is 0 Å². The molecule has 1 saturated heterocycles.